The van der Waals surface area contributed by atoms with Gasteiger partial charge in [-0.15, -0.1) is 11.3 Å². The maximum absolute atomic E-state index is 10.9. The Morgan fingerprint density at radius 3 is 2.68 bits per heavy atom. The van der Waals surface area contributed by atoms with Crippen LogP contribution in [0.25, 0.3) is 22.4 Å². The lowest BCUT2D eigenvalue weighted by molar-refractivity contribution is -0.384. The number of hydrogen-bond donors (Lipinski definition) is 0. The van der Waals surface area contributed by atoms with Gasteiger partial charge in [-0.05, 0) is 35.4 Å². The first kappa shape index (κ1) is 17.9. The van der Waals surface area contributed by atoms with E-state index < -0.39 is 4.92 Å². The third-order valence-corrected chi connectivity index (χ3v) is 5.11. The molecule has 6 heteroatoms. The fourth-order valence-corrected chi connectivity index (χ4v) is 3.64. The van der Waals surface area contributed by atoms with Gasteiger partial charge in [-0.1, -0.05) is 48.5 Å². The van der Waals surface area contributed by atoms with Crippen molar-refractivity contribution in [2.24, 2.45) is 0 Å². The third-order valence-electron chi connectivity index (χ3n) is 4.12. The minimum Gasteiger partial charge on any atom is -0.489 e. The molecular weight excluding hydrogens is 372 g/mol. The number of fused-ring (bicyclic) bond motifs is 1. The van der Waals surface area contributed by atoms with E-state index in [-0.39, 0.29) is 5.69 Å². The average molecular weight is 388 g/mol. The van der Waals surface area contributed by atoms with Crippen LogP contribution in [-0.4, -0.2) is 9.91 Å². The second-order valence-electron chi connectivity index (χ2n) is 6.14. The van der Waals surface area contributed by atoms with Gasteiger partial charge in [0, 0.05) is 12.1 Å². The molecule has 0 amide bonds. The standard InChI is InChI=1S/C22H16N2O3S/c25-24(26)18-10-11-20-21(14-18)28-22(23-20)12-9-16-7-4-8-19(13-16)27-15-17-5-2-1-3-6-17/h1-14H,15H2. The van der Waals surface area contributed by atoms with Crippen LogP contribution in [0.4, 0.5) is 5.69 Å². The van der Waals surface area contributed by atoms with Crippen LogP contribution >= 0.6 is 11.3 Å². The molecule has 0 fully saturated rings. The number of nitro benzene ring substituents is 1. The summed E-state index contributed by atoms with van der Waals surface area (Å²) in [6.07, 6.45) is 3.87. The lowest BCUT2D eigenvalue weighted by atomic mass is 10.2. The van der Waals surface area contributed by atoms with Crippen LogP contribution in [0.5, 0.6) is 5.75 Å². The van der Waals surface area contributed by atoms with Crippen LogP contribution in [0.2, 0.25) is 0 Å². The van der Waals surface area contributed by atoms with Crippen molar-refractivity contribution in [2.75, 3.05) is 0 Å². The highest BCUT2D eigenvalue weighted by Gasteiger charge is 2.09. The van der Waals surface area contributed by atoms with E-state index in [9.17, 15) is 10.1 Å². The van der Waals surface area contributed by atoms with Gasteiger partial charge in [-0.25, -0.2) is 4.98 Å². The molecule has 0 spiro atoms. The van der Waals surface area contributed by atoms with Crippen molar-refractivity contribution < 1.29 is 9.66 Å². The molecule has 0 aliphatic carbocycles. The molecule has 0 saturated heterocycles. The highest BCUT2D eigenvalue weighted by atomic mass is 32.1. The van der Waals surface area contributed by atoms with Crippen molar-refractivity contribution in [3.05, 3.63) is 99.0 Å². The minimum atomic E-state index is -0.393. The van der Waals surface area contributed by atoms with E-state index in [1.165, 1.54) is 17.4 Å². The van der Waals surface area contributed by atoms with Crippen LogP contribution in [0.15, 0.2) is 72.8 Å². The zero-order chi connectivity index (χ0) is 19.3. The Morgan fingerprint density at radius 2 is 1.86 bits per heavy atom. The maximum atomic E-state index is 10.9. The SMILES string of the molecule is O=[N+]([O-])c1ccc2nc(C=Cc3cccc(OCc4ccccc4)c3)sc2c1. The van der Waals surface area contributed by atoms with Gasteiger partial charge in [0.1, 0.15) is 17.4 Å². The Morgan fingerprint density at radius 1 is 1.00 bits per heavy atom. The van der Waals surface area contributed by atoms with Gasteiger partial charge in [0.2, 0.25) is 0 Å². The Balaban J connectivity index is 1.48. The highest BCUT2D eigenvalue weighted by molar-refractivity contribution is 7.19. The summed E-state index contributed by atoms with van der Waals surface area (Å²) < 4.78 is 6.66. The van der Waals surface area contributed by atoms with Crippen molar-refractivity contribution in [1.82, 2.24) is 4.98 Å². The molecular formula is C22H16N2O3S. The molecule has 28 heavy (non-hydrogen) atoms. The van der Waals surface area contributed by atoms with Gasteiger partial charge >= 0.3 is 0 Å². The molecule has 1 heterocycles. The molecule has 0 radical (unpaired) electrons. The molecule has 5 nitrogen and oxygen atoms in total. The lowest BCUT2D eigenvalue weighted by Gasteiger charge is -2.06. The smallest absolute Gasteiger partial charge is 0.270 e. The summed E-state index contributed by atoms with van der Waals surface area (Å²) in [5, 5.41) is 11.7. The second-order valence-corrected chi connectivity index (χ2v) is 7.20. The largest absolute Gasteiger partial charge is 0.489 e. The number of hydrogen-bond acceptors (Lipinski definition) is 5. The minimum absolute atomic E-state index is 0.0787. The van der Waals surface area contributed by atoms with Gasteiger partial charge in [0.25, 0.3) is 5.69 Å². The summed E-state index contributed by atoms with van der Waals surface area (Å²) in [5.74, 6) is 0.797. The molecule has 3 aromatic carbocycles. The summed E-state index contributed by atoms with van der Waals surface area (Å²) in [6.45, 7) is 0.519. The zero-order valence-corrected chi connectivity index (χ0v) is 15.6. The van der Waals surface area contributed by atoms with E-state index >= 15 is 0 Å². The van der Waals surface area contributed by atoms with Gasteiger partial charge in [0.15, 0.2) is 0 Å². The van der Waals surface area contributed by atoms with Crippen LogP contribution in [0, 0.1) is 10.1 Å². The number of rotatable bonds is 6. The molecule has 0 bridgehead atoms. The van der Waals surface area contributed by atoms with Crippen molar-refractivity contribution >= 4 is 39.4 Å². The topological polar surface area (TPSA) is 65.3 Å². The van der Waals surface area contributed by atoms with Gasteiger partial charge in [-0.3, -0.25) is 10.1 Å². The number of non-ortho nitro benzene ring substituents is 1. The van der Waals surface area contributed by atoms with E-state index in [2.05, 4.69) is 4.98 Å². The molecule has 0 N–H and O–H groups in total. The Kier molecular flexibility index (Phi) is 5.12. The number of nitro groups is 1. The molecule has 0 unspecified atom stereocenters. The Bertz CT molecular complexity index is 1150. The van der Waals surface area contributed by atoms with Gasteiger partial charge < -0.3 is 4.74 Å². The monoisotopic (exact) mass is 388 g/mol. The first-order valence-electron chi connectivity index (χ1n) is 8.67. The average Bonchev–Trinajstić information content (AvgIpc) is 3.14. The van der Waals surface area contributed by atoms with Crippen molar-refractivity contribution in [1.29, 1.82) is 0 Å². The predicted octanol–water partition coefficient (Wildman–Crippen LogP) is 5.95. The summed E-state index contributed by atoms with van der Waals surface area (Å²) in [5.41, 5.74) is 2.95. The van der Waals surface area contributed by atoms with Crippen molar-refractivity contribution in [3.63, 3.8) is 0 Å². The fourth-order valence-electron chi connectivity index (χ4n) is 2.73. The zero-order valence-electron chi connectivity index (χ0n) is 14.8. The summed E-state index contributed by atoms with van der Waals surface area (Å²) in [7, 11) is 0. The lowest BCUT2D eigenvalue weighted by Crippen LogP contribution is -1.94. The quantitative estimate of drug-likeness (QED) is 0.302. The van der Waals surface area contributed by atoms with Crippen LogP contribution < -0.4 is 4.74 Å². The number of ether oxygens (including phenoxy) is 1. The Labute approximate surface area is 165 Å². The van der Waals surface area contributed by atoms with Gasteiger partial charge in [-0.2, -0.15) is 0 Å². The van der Waals surface area contributed by atoms with Crippen molar-refractivity contribution in [2.45, 2.75) is 6.61 Å². The van der Waals surface area contributed by atoms with Crippen molar-refractivity contribution in [3.8, 4) is 5.75 Å². The second kappa shape index (κ2) is 8.02. The van der Waals surface area contributed by atoms with E-state index in [1.54, 1.807) is 12.1 Å². The van der Waals surface area contributed by atoms with E-state index in [0.717, 1.165) is 32.1 Å². The first-order valence-corrected chi connectivity index (χ1v) is 9.49. The van der Waals surface area contributed by atoms with E-state index in [0.29, 0.717) is 6.61 Å². The maximum Gasteiger partial charge on any atom is 0.270 e. The fraction of sp³-hybridized carbons (Fsp3) is 0.0455. The number of thiazole rings is 1. The molecule has 1 aromatic heterocycles. The predicted molar refractivity (Wildman–Crippen MR) is 112 cm³/mol. The van der Waals surface area contributed by atoms with Gasteiger partial charge in [0.05, 0.1) is 15.1 Å². The summed E-state index contributed by atoms with van der Waals surface area (Å²) in [4.78, 5) is 15.0. The molecule has 0 aliphatic heterocycles. The van der Waals surface area contributed by atoms with Crippen LogP contribution in [-0.2, 0) is 6.61 Å². The van der Waals surface area contributed by atoms with Crippen LogP contribution in [0.1, 0.15) is 16.1 Å². The van der Waals surface area contributed by atoms with Crippen LogP contribution in [0.3, 0.4) is 0 Å². The first-order chi connectivity index (χ1) is 13.7. The normalized spacial score (nSPS) is 11.1. The number of nitrogens with zero attached hydrogens (tertiary/aromatic N) is 2. The van der Waals surface area contributed by atoms with E-state index in [4.69, 9.17) is 4.74 Å². The summed E-state index contributed by atoms with van der Waals surface area (Å²) >= 11 is 1.43. The summed E-state index contributed by atoms with van der Waals surface area (Å²) in [6, 6.07) is 22.6. The molecule has 0 atom stereocenters. The molecule has 138 valence electrons. The number of benzene rings is 3. The number of aromatic nitrogens is 1. The third kappa shape index (κ3) is 4.24. The molecule has 4 rings (SSSR count). The highest BCUT2D eigenvalue weighted by Crippen LogP contribution is 2.27. The molecule has 4 aromatic rings. The van der Waals surface area contributed by atoms with E-state index in [1.807, 2.05) is 66.7 Å². The Hall–Kier alpha value is -3.51. The molecule has 0 aliphatic rings. The molecule has 0 saturated carbocycles.